The highest BCUT2D eigenvalue weighted by molar-refractivity contribution is 5.94. The van der Waals surface area contributed by atoms with Gasteiger partial charge in [-0.1, -0.05) is 42.5 Å². The van der Waals surface area contributed by atoms with Crippen LogP contribution >= 0.6 is 0 Å². The first kappa shape index (κ1) is 29.6. The lowest BCUT2D eigenvalue weighted by Gasteiger charge is -2.25. The Morgan fingerprint density at radius 1 is 0.816 bits per heavy atom. The second-order valence-electron chi connectivity index (χ2n) is 8.82. The average Bonchev–Trinajstić information content (AvgIpc) is 2.86. The van der Waals surface area contributed by atoms with Gasteiger partial charge in [0.1, 0.15) is 23.9 Å². The number of phenolic OH excluding ortho intramolecular Hbond substituents is 1. The van der Waals surface area contributed by atoms with Gasteiger partial charge in [-0.25, -0.2) is 0 Å². The molecule has 2 rings (SSSR count). The number of phenols is 1. The van der Waals surface area contributed by atoms with Crippen LogP contribution in [-0.2, 0) is 32.0 Å². The molecule has 3 atom stereocenters. The second kappa shape index (κ2) is 14.8. The fourth-order valence-electron chi connectivity index (χ4n) is 3.74. The maximum absolute atomic E-state index is 13.2. The summed E-state index contributed by atoms with van der Waals surface area (Å²) >= 11 is 0. The van der Waals surface area contributed by atoms with Crippen LogP contribution in [-0.4, -0.2) is 59.4 Å². The monoisotopic (exact) mass is 525 g/mol. The van der Waals surface area contributed by atoms with E-state index in [0.29, 0.717) is 12.0 Å². The van der Waals surface area contributed by atoms with E-state index in [1.807, 2.05) is 6.07 Å². The van der Waals surface area contributed by atoms with Crippen LogP contribution in [0.15, 0.2) is 54.6 Å². The Morgan fingerprint density at radius 3 is 1.95 bits per heavy atom. The first-order valence-electron chi connectivity index (χ1n) is 12.1. The third-order valence-corrected chi connectivity index (χ3v) is 5.63. The maximum Gasteiger partial charge on any atom is 0.243 e. The highest BCUT2D eigenvalue weighted by Gasteiger charge is 2.29. The van der Waals surface area contributed by atoms with Crippen LogP contribution in [0.1, 0.15) is 30.9 Å². The molecule has 2 aromatic carbocycles. The Hall–Kier alpha value is -4.61. The highest BCUT2D eigenvalue weighted by Crippen LogP contribution is 2.12. The highest BCUT2D eigenvalue weighted by atomic mass is 16.3. The van der Waals surface area contributed by atoms with E-state index < -0.39 is 41.8 Å². The van der Waals surface area contributed by atoms with Gasteiger partial charge in [-0.3, -0.25) is 24.6 Å². The molecule has 0 spiro atoms. The summed E-state index contributed by atoms with van der Waals surface area (Å²) in [5.74, 6) is -2.56. The summed E-state index contributed by atoms with van der Waals surface area (Å²) < 4.78 is 0. The van der Waals surface area contributed by atoms with Gasteiger partial charge in [0.25, 0.3) is 0 Å². The number of nitrogens with one attached hydrogen (secondary N) is 5. The Labute approximate surface area is 221 Å². The minimum atomic E-state index is -1.06. The molecule has 10 N–H and O–H groups in total. The second-order valence-corrected chi connectivity index (χ2v) is 8.82. The fraction of sp³-hybridized carbons (Fsp3) is 0.346. The maximum atomic E-state index is 13.2. The number of benzene rings is 2. The lowest BCUT2D eigenvalue weighted by atomic mass is 10.0. The zero-order chi connectivity index (χ0) is 28.1. The van der Waals surface area contributed by atoms with Crippen LogP contribution in [0.25, 0.3) is 0 Å². The number of rotatable bonds is 14. The number of nitrogens with two attached hydrogens (primary N) is 2. The van der Waals surface area contributed by atoms with Crippen molar-refractivity contribution >= 4 is 29.6 Å². The van der Waals surface area contributed by atoms with Crippen LogP contribution < -0.4 is 32.7 Å². The largest absolute Gasteiger partial charge is 0.508 e. The van der Waals surface area contributed by atoms with Crippen molar-refractivity contribution in [3.8, 4) is 5.75 Å². The van der Waals surface area contributed by atoms with Gasteiger partial charge in [0, 0.05) is 26.3 Å². The number of hydrogen-bond donors (Lipinski definition) is 8. The standard InChI is InChI=1S/C26H35N7O5/c1-16(34)31-22(15-18-9-11-19(35)12-10-18)25(38)32-20(8-5-13-30-26(28)29)24(37)33-21(23(27)36)14-17-6-3-2-4-7-17/h2-4,6-7,9-12,20-22,35H,5,8,13-15H2,1H3,(H2,27,36)(H,31,34)(H,32,38)(H,33,37)(H4,28,29,30). The Kier molecular flexibility index (Phi) is 11.6. The molecule has 0 aliphatic rings. The summed E-state index contributed by atoms with van der Waals surface area (Å²) in [5, 5.41) is 27.3. The molecule has 0 saturated carbocycles. The van der Waals surface area contributed by atoms with E-state index in [0.717, 1.165) is 5.56 Å². The van der Waals surface area contributed by atoms with Gasteiger partial charge in [0.15, 0.2) is 5.96 Å². The number of primary amides is 1. The predicted octanol–water partition coefficient (Wildman–Crippen LogP) is -0.600. The summed E-state index contributed by atoms with van der Waals surface area (Å²) in [5.41, 5.74) is 12.3. The van der Waals surface area contributed by atoms with Crippen molar-refractivity contribution in [1.29, 1.82) is 5.41 Å². The van der Waals surface area contributed by atoms with Gasteiger partial charge in [-0.05, 0) is 36.1 Å². The molecule has 0 aromatic heterocycles. The normalized spacial score (nSPS) is 12.9. The summed E-state index contributed by atoms with van der Waals surface area (Å²) in [6.07, 6.45) is 0.801. The SMILES string of the molecule is CC(=O)NC(Cc1ccc(O)cc1)C(=O)NC(CCCNC(=N)N)C(=O)NC(Cc1ccccc1)C(N)=O. The predicted molar refractivity (Wildman–Crippen MR) is 142 cm³/mol. The average molecular weight is 526 g/mol. The Morgan fingerprint density at radius 2 is 1.37 bits per heavy atom. The van der Waals surface area contributed by atoms with Crippen molar-refractivity contribution in [2.75, 3.05) is 6.54 Å². The summed E-state index contributed by atoms with van der Waals surface area (Å²) in [4.78, 5) is 50.3. The molecular weight excluding hydrogens is 490 g/mol. The van der Waals surface area contributed by atoms with Crippen molar-refractivity contribution in [2.45, 2.75) is 50.7 Å². The van der Waals surface area contributed by atoms with Crippen LogP contribution in [0, 0.1) is 5.41 Å². The van der Waals surface area contributed by atoms with Crippen molar-refractivity contribution in [2.24, 2.45) is 11.5 Å². The third kappa shape index (κ3) is 10.6. The van der Waals surface area contributed by atoms with Crippen LogP contribution in [0.3, 0.4) is 0 Å². The van der Waals surface area contributed by atoms with Gasteiger partial charge < -0.3 is 37.8 Å². The molecule has 0 aliphatic heterocycles. The lowest BCUT2D eigenvalue weighted by Crippen LogP contribution is -2.57. The smallest absolute Gasteiger partial charge is 0.243 e. The summed E-state index contributed by atoms with van der Waals surface area (Å²) in [6, 6.07) is 12.1. The van der Waals surface area contributed by atoms with Crippen molar-refractivity contribution in [1.82, 2.24) is 21.3 Å². The van der Waals surface area contributed by atoms with Crippen LogP contribution in [0.5, 0.6) is 5.75 Å². The first-order chi connectivity index (χ1) is 18.0. The molecule has 204 valence electrons. The number of aromatic hydroxyl groups is 1. The van der Waals surface area contributed by atoms with Crippen molar-refractivity contribution in [3.63, 3.8) is 0 Å². The van der Waals surface area contributed by atoms with Gasteiger partial charge >= 0.3 is 0 Å². The molecular formula is C26H35N7O5. The molecule has 4 amide bonds. The summed E-state index contributed by atoms with van der Waals surface area (Å²) in [6.45, 7) is 1.55. The topological polar surface area (TPSA) is 213 Å². The van der Waals surface area contributed by atoms with E-state index in [2.05, 4.69) is 21.3 Å². The van der Waals surface area contributed by atoms with E-state index >= 15 is 0 Å². The third-order valence-electron chi connectivity index (χ3n) is 5.63. The molecule has 12 nitrogen and oxygen atoms in total. The molecule has 2 aromatic rings. The van der Waals surface area contributed by atoms with Crippen LogP contribution in [0.4, 0.5) is 0 Å². The molecule has 0 bridgehead atoms. The van der Waals surface area contributed by atoms with Gasteiger partial charge in [-0.15, -0.1) is 0 Å². The minimum Gasteiger partial charge on any atom is -0.508 e. The number of guanidine groups is 1. The molecule has 0 fully saturated rings. The van der Waals surface area contributed by atoms with Gasteiger partial charge in [-0.2, -0.15) is 0 Å². The van der Waals surface area contributed by atoms with E-state index in [9.17, 15) is 24.3 Å². The van der Waals surface area contributed by atoms with E-state index in [-0.39, 0.29) is 37.5 Å². The number of hydrogen-bond acceptors (Lipinski definition) is 6. The molecule has 0 aliphatic carbocycles. The minimum absolute atomic E-state index is 0.0599. The number of carbonyl (C=O) groups is 4. The van der Waals surface area contributed by atoms with Crippen molar-refractivity contribution in [3.05, 3.63) is 65.7 Å². The Balaban J connectivity index is 2.18. The molecule has 0 radical (unpaired) electrons. The van der Waals surface area contributed by atoms with Crippen LogP contribution in [0.2, 0.25) is 0 Å². The van der Waals surface area contributed by atoms with Gasteiger partial charge in [0.2, 0.25) is 23.6 Å². The van der Waals surface area contributed by atoms with E-state index in [4.69, 9.17) is 16.9 Å². The molecule has 38 heavy (non-hydrogen) atoms. The lowest BCUT2D eigenvalue weighted by molar-refractivity contribution is -0.133. The fourth-order valence-corrected chi connectivity index (χ4v) is 3.74. The van der Waals surface area contributed by atoms with Crippen molar-refractivity contribution < 1.29 is 24.3 Å². The quantitative estimate of drug-likeness (QED) is 0.0910. The van der Waals surface area contributed by atoms with E-state index in [1.54, 1.807) is 36.4 Å². The number of amides is 4. The zero-order valence-electron chi connectivity index (χ0n) is 21.2. The first-order valence-corrected chi connectivity index (χ1v) is 12.1. The molecule has 3 unspecified atom stereocenters. The Bertz CT molecular complexity index is 1110. The zero-order valence-corrected chi connectivity index (χ0v) is 21.2. The number of carbonyl (C=O) groups excluding carboxylic acids is 4. The summed E-state index contributed by atoms with van der Waals surface area (Å²) in [7, 11) is 0. The molecule has 0 saturated heterocycles. The molecule has 12 heteroatoms. The van der Waals surface area contributed by atoms with Gasteiger partial charge in [0.05, 0.1) is 0 Å². The van der Waals surface area contributed by atoms with E-state index in [1.165, 1.54) is 19.1 Å². The molecule has 0 heterocycles.